The summed E-state index contributed by atoms with van der Waals surface area (Å²) in [6.07, 6.45) is 4.53. The van der Waals surface area contributed by atoms with E-state index in [1.54, 1.807) is 11.1 Å². The molecule has 2 aliphatic heterocycles. The Kier molecular flexibility index (Phi) is 5.50. The third kappa shape index (κ3) is 3.47. The standard InChI is InChI=1S/C20H23N3O6/c1-26-19(24)14-11-28-12-22(18(14)20(25)27-2)15-7-5-6-13-10-21-23(17(13)15)16-8-3-4-9-29-16/h5-7,10,16H,3-4,8-9,11-12H2,1-2H3. The van der Waals surface area contributed by atoms with Crippen molar-refractivity contribution in [1.82, 2.24) is 9.78 Å². The zero-order valence-electron chi connectivity index (χ0n) is 16.4. The Morgan fingerprint density at radius 3 is 2.72 bits per heavy atom. The van der Waals surface area contributed by atoms with Crippen molar-refractivity contribution in [3.8, 4) is 0 Å². The fourth-order valence-electron chi connectivity index (χ4n) is 3.77. The Labute approximate surface area is 167 Å². The number of carbonyl (C=O) groups is 2. The van der Waals surface area contributed by atoms with Crippen LogP contribution in [0.15, 0.2) is 35.7 Å². The summed E-state index contributed by atoms with van der Waals surface area (Å²) in [5.41, 5.74) is 1.70. The Balaban J connectivity index is 1.87. The van der Waals surface area contributed by atoms with Crippen LogP contribution >= 0.6 is 0 Å². The van der Waals surface area contributed by atoms with Gasteiger partial charge in [0.2, 0.25) is 0 Å². The van der Waals surface area contributed by atoms with Gasteiger partial charge in [0, 0.05) is 12.0 Å². The van der Waals surface area contributed by atoms with Gasteiger partial charge in [0.15, 0.2) is 6.23 Å². The van der Waals surface area contributed by atoms with Gasteiger partial charge in [-0.2, -0.15) is 5.10 Å². The smallest absolute Gasteiger partial charge is 0.355 e. The highest BCUT2D eigenvalue weighted by Crippen LogP contribution is 2.35. The number of carbonyl (C=O) groups excluding carboxylic acids is 2. The third-order valence-corrected chi connectivity index (χ3v) is 5.15. The number of aromatic nitrogens is 2. The molecular weight excluding hydrogens is 378 g/mol. The summed E-state index contributed by atoms with van der Waals surface area (Å²) < 4.78 is 23.2. The van der Waals surface area contributed by atoms with E-state index >= 15 is 0 Å². The summed E-state index contributed by atoms with van der Waals surface area (Å²) in [6.45, 7) is 0.732. The monoisotopic (exact) mass is 401 g/mol. The third-order valence-electron chi connectivity index (χ3n) is 5.15. The maximum Gasteiger partial charge on any atom is 0.355 e. The summed E-state index contributed by atoms with van der Waals surface area (Å²) in [5.74, 6) is -1.27. The largest absolute Gasteiger partial charge is 0.466 e. The van der Waals surface area contributed by atoms with Crippen molar-refractivity contribution in [3.63, 3.8) is 0 Å². The van der Waals surface area contributed by atoms with E-state index in [1.807, 2.05) is 22.9 Å². The molecule has 2 aliphatic rings. The predicted octanol–water partition coefficient (Wildman–Crippen LogP) is 2.13. The van der Waals surface area contributed by atoms with E-state index in [0.29, 0.717) is 12.3 Å². The van der Waals surface area contributed by atoms with Crippen LogP contribution in [-0.4, -0.2) is 55.9 Å². The molecule has 0 spiro atoms. The summed E-state index contributed by atoms with van der Waals surface area (Å²) in [6, 6.07) is 5.67. The summed E-state index contributed by atoms with van der Waals surface area (Å²) in [4.78, 5) is 26.5. The van der Waals surface area contributed by atoms with Crippen LogP contribution < -0.4 is 4.90 Å². The molecule has 29 heavy (non-hydrogen) atoms. The first-order valence-corrected chi connectivity index (χ1v) is 9.48. The Bertz CT molecular complexity index is 960. The van der Waals surface area contributed by atoms with Crippen molar-refractivity contribution in [2.24, 2.45) is 0 Å². The van der Waals surface area contributed by atoms with Gasteiger partial charge in [-0.3, -0.25) is 0 Å². The molecule has 4 rings (SSSR count). The van der Waals surface area contributed by atoms with Crippen LogP contribution in [-0.2, 0) is 28.5 Å². The zero-order valence-corrected chi connectivity index (χ0v) is 16.4. The second-order valence-corrected chi connectivity index (χ2v) is 6.84. The molecule has 1 atom stereocenters. The normalized spacial score (nSPS) is 20.1. The van der Waals surface area contributed by atoms with Gasteiger partial charge in [0.25, 0.3) is 0 Å². The Morgan fingerprint density at radius 1 is 1.17 bits per heavy atom. The number of methoxy groups -OCH3 is 2. The van der Waals surface area contributed by atoms with Crippen molar-refractivity contribution >= 4 is 28.5 Å². The van der Waals surface area contributed by atoms with Crippen molar-refractivity contribution in [2.45, 2.75) is 25.5 Å². The number of hydrogen-bond donors (Lipinski definition) is 0. The van der Waals surface area contributed by atoms with E-state index < -0.39 is 11.9 Å². The number of fused-ring (bicyclic) bond motifs is 1. The van der Waals surface area contributed by atoms with Gasteiger partial charge in [0.05, 0.1) is 43.8 Å². The van der Waals surface area contributed by atoms with Crippen LogP contribution in [0.2, 0.25) is 0 Å². The molecule has 0 bridgehead atoms. The van der Waals surface area contributed by atoms with E-state index in [1.165, 1.54) is 14.2 Å². The van der Waals surface area contributed by atoms with E-state index in [2.05, 4.69) is 5.10 Å². The van der Waals surface area contributed by atoms with Crippen LogP contribution in [0.1, 0.15) is 25.5 Å². The molecule has 0 N–H and O–H groups in total. The van der Waals surface area contributed by atoms with Gasteiger partial charge in [0.1, 0.15) is 12.4 Å². The van der Waals surface area contributed by atoms with Gasteiger partial charge < -0.3 is 23.8 Å². The number of hydrogen-bond acceptors (Lipinski definition) is 8. The zero-order chi connectivity index (χ0) is 20.4. The molecular formula is C20H23N3O6. The van der Waals surface area contributed by atoms with Gasteiger partial charge in [-0.05, 0) is 25.3 Å². The first kappa shape index (κ1) is 19.4. The van der Waals surface area contributed by atoms with Crippen molar-refractivity contribution in [1.29, 1.82) is 0 Å². The van der Waals surface area contributed by atoms with Crippen molar-refractivity contribution < 1.29 is 28.5 Å². The summed E-state index contributed by atoms with van der Waals surface area (Å²) in [5, 5.41) is 5.43. The fourth-order valence-corrected chi connectivity index (χ4v) is 3.77. The molecule has 0 amide bonds. The Morgan fingerprint density at radius 2 is 2.00 bits per heavy atom. The molecule has 2 aromatic rings. The molecule has 0 radical (unpaired) electrons. The van der Waals surface area contributed by atoms with Gasteiger partial charge in [-0.25, -0.2) is 14.3 Å². The molecule has 1 aromatic heterocycles. The minimum Gasteiger partial charge on any atom is -0.466 e. The first-order chi connectivity index (χ1) is 14.2. The quantitative estimate of drug-likeness (QED) is 0.720. The van der Waals surface area contributed by atoms with Crippen molar-refractivity contribution in [2.75, 3.05) is 39.1 Å². The Hall–Kier alpha value is -2.91. The molecule has 0 saturated carbocycles. The van der Waals surface area contributed by atoms with E-state index in [0.717, 1.165) is 30.2 Å². The van der Waals surface area contributed by atoms with Gasteiger partial charge in [-0.1, -0.05) is 12.1 Å². The van der Waals surface area contributed by atoms with Crippen LogP contribution in [0.25, 0.3) is 10.9 Å². The van der Waals surface area contributed by atoms with Crippen LogP contribution in [0.5, 0.6) is 0 Å². The highest BCUT2D eigenvalue weighted by molar-refractivity contribution is 6.05. The minimum atomic E-state index is -0.634. The highest BCUT2D eigenvalue weighted by Gasteiger charge is 2.34. The maximum absolute atomic E-state index is 12.6. The van der Waals surface area contributed by atoms with Crippen LogP contribution in [0.4, 0.5) is 5.69 Å². The average molecular weight is 401 g/mol. The predicted molar refractivity (Wildman–Crippen MR) is 103 cm³/mol. The molecule has 1 fully saturated rings. The molecule has 1 saturated heterocycles. The lowest BCUT2D eigenvalue weighted by atomic mass is 10.1. The van der Waals surface area contributed by atoms with Gasteiger partial charge >= 0.3 is 11.9 Å². The molecule has 9 nitrogen and oxygen atoms in total. The van der Waals surface area contributed by atoms with E-state index in [4.69, 9.17) is 18.9 Å². The van der Waals surface area contributed by atoms with Crippen LogP contribution in [0, 0.1) is 0 Å². The number of anilines is 1. The van der Waals surface area contributed by atoms with E-state index in [-0.39, 0.29) is 30.8 Å². The topological polar surface area (TPSA) is 92.1 Å². The second kappa shape index (κ2) is 8.22. The molecule has 1 aromatic carbocycles. The lowest BCUT2D eigenvalue weighted by Crippen LogP contribution is -2.39. The average Bonchev–Trinajstić information content (AvgIpc) is 3.22. The SMILES string of the molecule is COC(=O)C1=C(C(=O)OC)N(c2cccc3cnn(C4CCCCO4)c23)COC1. The van der Waals surface area contributed by atoms with Gasteiger partial charge in [-0.15, -0.1) is 0 Å². The summed E-state index contributed by atoms with van der Waals surface area (Å²) in [7, 11) is 2.54. The number of esters is 2. The number of nitrogens with zero attached hydrogens (tertiary/aromatic N) is 3. The highest BCUT2D eigenvalue weighted by atomic mass is 16.5. The lowest BCUT2D eigenvalue weighted by molar-refractivity contribution is -0.140. The van der Waals surface area contributed by atoms with Crippen LogP contribution in [0.3, 0.4) is 0 Å². The summed E-state index contributed by atoms with van der Waals surface area (Å²) >= 11 is 0. The fraction of sp³-hybridized carbons (Fsp3) is 0.450. The maximum atomic E-state index is 12.6. The molecule has 3 heterocycles. The molecule has 9 heteroatoms. The minimum absolute atomic E-state index is 0.0332. The molecule has 1 unspecified atom stereocenters. The van der Waals surface area contributed by atoms with E-state index in [9.17, 15) is 9.59 Å². The second-order valence-electron chi connectivity index (χ2n) is 6.84. The number of benzene rings is 1. The van der Waals surface area contributed by atoms with Crippen molar-refractivity contribution in [3.05, 3.63) is 35.7 Å². The first-order valence-electron chi connectivity index (χ1n) is 9.48. The molecule has 154 valence electrons. The number of rotatable bonds is 4. The number of para-hydroxylation sites is 1. The number of ether oxygens (including phenoxy) is 4. The molecule has 0 aliphatic carbocycles. The lowest BCUT2D eigenvalue weighted by Gasteiger charge is -2.32.